The molecule has 1 unspecified atom stereocenters. The van der Waals surface area contributed by atoms with E-state index in [-0.39, 0.29) is 0 Å². The van der Waals surface area contributed by atoms with E-state index in [4.69, 9.17) is 0 Å². The van der Waals surface area contributed by atoms with Crippen molar-refractivity contribution in [3.8, 4) is 0 Å². The molecule has 0 fully saturated rings. The lowest BCUT2D eigenvalue weighted by atomic mass is 9.86. The van der Waals surface area contributed by atoms with E-state index in [2.05, 4.69) is 26.5 Å². The van der Waals surface area contributed by atoms with Gasteiger partial charge in [-0.25, -0.2) is 0 Å². The quantitative estimate of drug-likeness (QED) is 0.508. The molecule has 0 amide bonds. The highest BCUT2D eigenvalue weighted by Crippen LogP contribution is 2.27. The molecule has 0 bridgehead atoms. The second-order valence-electron chi connectivity index (χ2n) is 3.37. The summed E-state index contributed by atoms with van der Waals surface area (Å²) < 4.78 is 0. The Hall–Kier alpha value is -0.520. The maximum Gasteiger partial charge on any atom is -0.0171 e. The minimum absolute atomic E-state index is 0.767. The molecule has 0 aromatic rings. The van der Waals surface area contributed by atoms with Crippen LogP contribution in [0.5, 0.6) is 0 Å². The summed E-state index contributed by atoms with van der Waals surface area (Å²) in [5, 5.41) is 0. The third-order valence-corrected chi connectivity index (χ3v) is 2.33. The van der Waals surface area contributed by atoms with E-state index in [0.29, 0.717) is 0 Å². The van der Waals surface area contributed by atoms with Gasteiger partial charge in [0.05, 0.1) is 0 Å². The SMILES string of the molecule is C=C(C)C1CC=C(C)CC1.CC. The second kappa shape index (κ2) is 6.05. The second-order valence-corrected chi connectivity index (χ2v) is 3.37. The van der Waals surface area contributed by atoms with Gasteiger partial charge < -0.3 is 0 Å². The Morgan fingerprint density at radius 1 is 1.50 bits per heavy atom. The fourth-order valence-electron chi connectivity index (χ4n) is 1.41. The number of hydrogen-bond donors (Lipinski definition) is 0. The molecule has 0 aromatic carbocycles. The molecule has 0 aliphatic heterocycles. The van der Waals surface area contributed by atoms with E-state index in [1.807, 2.05) is 13.8 Å². The molecule has 0 radical (unpaired) electrons. The normalized spacial score (nSPS) is 22.0. The van der Waals surface area contributed by atoms with Crippen LogP contribution in [0.3, 0.4) is 0 Å². The Kier molecular flexibility index (Phi) is 5.79. The Labute approximate surface area is 77.4 Å². The molecule has 0 aromatic heterocycles. The van der Waals surface area contributed by atoms with Crippen LogP contribution in [0.15, 0.2) is 23.8 Å². The van der Waals surface area contributed by atoms with Crippen molar-refractivity contribution in [2.24, 2.45) is 5.92 Å². The zero-order valence-corrected chi connectivity index (χ0v) is 8.98. The van der Waals surface area contributed by atoms with Crippen molar-refractivity contribution >= 4 is 0 Å². The summed E-state index contributed by atoms with van der Waals surface area (Å²) in [6.45, 7) is 12.3. The van der Waals surface area contributed by atoms with Crippen molar-refractivity contribution in [2.45, 2.75) is 47.0 Å². The zero-order valence-electron chi connectivity index (χ0n) is 8.98. The molecule has 0 N–H and O–H groups in total. The van der Waals surface area contributed by atoms with E-state index in [1.165, 1.54) is 24.8 Å². The zero-order chi connectivity index (χ0) is 9.56. The summed E-state index contributed by atoms with van der Waals surface area (Å²) in [6.07, 6.45) is 6.17. The van der Waals surface area contributed by atoms with Gasteiger partial charge in [0.25, 0.3) is 0 Å². The van der Waals surface area contributed by atoms with Gasteiger partial charge in [-0.3, -0.25) is 0 Å². The Bertz CT molecular complexity index is 163. The fraction of sp³-hybridized carbons (Fsp3) is 0.667. The Morgan fingerprint density at radius 3 is 2.42 bits per heavy atom. The molecule has 70 valence electrons. The van der Waals surface area contributed by atoms with Gasteiger partial charge in [0.1, 0.15) is 0 Å². The summed E-state index contributed by atoms with van der Waals surface area (Å²) >= 11 is 0. The third kappa shape index (κ3) is 3.75. The summed E-state index contributed by atoms with van der Waals surface area (Å²) in [6, 6.07) is 0. The first kappa shape index (κ1) is 11.5. The first-order chi connectivity index (χ1) is 5.70. The van der Waals surface area contributed by atoms with Gasteiger partial charge >= 0.3 is 0 Å². The molecular formula is C12H22. The molecule has 0 heterocycles. The molecule has 0 heteroatoms. The summed E-state index contributed by atoms with van der Waals surface area (Å²) in [7, 11) is 0. The highest BCUT2D eigenvalue weighted by Gasteiger charge is 2.11. The molecule has 1 aliphatic carbocycles. The van der Waals surface area contributed by atoms with Crippen LogP contribution in [0.4, 0.5) is 0 Å². The van der Waals surface area contributed by atoms with Gasteiger partial charge in [0, 0.05) is 0 Å². The summed E-state index contributed by atoms with van der Waals surface area (Å²) in [4.78, 5) is 0. The predicted octanol–water partition coefficient (Wildman–Crippen LogP) is 4.34. The van der Waals surface area contributed by atoms with E-state index < -0.39 is 0 Å². The van der Waals surface area contributed by atoms with Crippen LogP contribution in [0, 0.1) is 5.92 Å². The van der Waals surface area contributed by atoms with E-state index in [1.54, 1.807) is 5.57 Å². The van der Waals surface area contributed by atoms with Crippen LogP contribution < -0.4 is 0 Å². The first-order valence-electron chi connectivity index (χ1n) is 5.01. The maximum absolute atomic E-state index is 3.97. The first-order valence-corrected chi connectivity index (χ1v) is 5.01. The van der Waals surface area contributed by atoms with Crippen LogP contribution in [0.2, 0.25) is 0 Å². The molecule has 1 aliphatic rings. The maximum atomic E-state index is 3.97. The van der Waals surface area contributed by atoms with E-state index in [0.717, 1.165) is 5.92 Å². The van der Waals surface area contributed by atoms with Gasteiger partial charge in [0.2, 0.25) is 0 Å². The third-order valence-electron chi connectivity index (χ3n) is 2.33. The fourth-order valence-corrected chi connectivity index (χ4v) is 1.41. The van der Waals surface area contributed by atoms with Gasteiger partial charge in [-0.15, -0.1) is 0 Å². The lowest BCUT2D eigenvalue weighted by molar-refractivity contribution is 0.540. The highest BCUT2D eigenvalue weighted by molar-refractivity contribution is 5.09. The molecule has 0 nitrogen and oxygen atoms in total. The average Bonchev–Trinajstić information content (AvgIpc) is 2.09. The number of hydrogen-bond acceptors (Lipinski definition) is 0. The van der Waals surface area contributed by atoms with Crippen LogP contribution in [0.1, 0.15) is 47.0 Å². The minimum atomic E-state index is 0.767. The van der Waals surface area contributed by atoms with Crippen LogP contribution in [-0.4, -0.2) is 0 Å². The molecular weight excluding hydrogens is 144 g/mol. The van der Waals surface area contributed by atoms with Crippen molar-refractivity contribution in [1.82, 2.24) is 0 Å². The molecule has 1 atom stereocenters. The molecule has 0 saturated carbocycles. The smallest absolute Gasteiger partial charge is 0.0171 e. The molecule has 0 spiro atoms. The van der Waals surface area contributed by atoms with Crippen molar-refractivity contribution in [3.05, 3.63) is 23.8 Å². The van der Waals surface area contributed by atoms with Crippen molar-refractivity contribution in [2.75, 3.05) is 0 Å². The van der Waals surface area contributed by atoms with Crippen molar-refractivity contribution < 1.29 is 0 Å². The van der Waals surface area contributed by atoms with Crippen LogP contribution in [0.25, 0.3) is 0 Å². The van der Waals surface area contributed by atoms with Gasteiger partial charge in [-0.2, -0.15) is 0 Å². The Morgan fingerprint density at radius 2 is 2.08 bits per heavy atom. The van der Waals surface area contributed by atoms with Gasteiger partial charge in [-0.1, -0.05) is 37.6 Å². The summed E-state index contributed by atoms with van der Waals surface area (Å²) in [5.41, 5.74) is 2.90. The standard InChI is InChI=1S/C10H16.C2H6/c1-8(2)10-6-4-9(3)5-7-10;1-2/h4,10H,1,5-7H2,2-3H3;1-2H3. The van der Waals surface area contributed by atoms with Crippen molar-refractivity contribution in [3.63, 3.8) is 0 Å². The van der Waals surface area contributed by atoms with Crippen molar-refractivity contribution in [1.29, 1.82) is 0 Å². The Balaban J connectivity index is 0.000000561. The largest absolute Gasteiger partial charge is 0.0998 e. The molecule has 12 heavy (non-hydrogen) atoms. The molecule has 1 rings (SSSR count). The topological polar surface area (TPSA) is 0 Å². The number of allylic oxidation sites excluding steroid dienone is 3. The molecule has 0 saturated heterocycles. The lowest BCUT2D eigenvalue weighted by Crippen LogP contribution is -2.04. The lowest BCUT2D eigenvalue weighted by Gasteiger charge is -2.19. The van der Waals surface area contributed by atoms with Gasteiger partial charge in [0.15, 0.2) is 0 Å². The van der Waals surface area contributed by atoms with E-state index in [9.17, 15) is 0 Å². The predicted molar refractivity (Wildman–Crippen MR) is 57.3 cm³/mol. The minimum Gasteiger partial charge on any atom is -0.0998 e. The van der Waals surface area contributed by atoms with E-state index >= 15 is 0 Å². The number of rotatable bonds is 1. The summed E-state index contributed by atoms with van der Waals surface area (Å²) in [5.74, 6) is 0.767. The monoisotopic (exact) mass is 166 g/mol. The highest BCUT2D eigenvalue weighted by atomic mass is 14.2. The van der Waals surface area contributed by atoms with Crippen LogP contribution >= 0.6 is 0 Å². The van der Waals surface area contributed by atoms with Crippen LogP contribution in [-0.2, 0) is 0 Å². The van der Waals surface area contributed by atoms with Gasteiger partial charge in [-0.05, 0) is 39.0 Å². The average molecular weight is 166 g/mol.